The van der Waals surface area contributed by atoms with Gasteiger partial charge in [0.25, 0.3) is 0 Å². The zero-order chi connectivity index (χ0) is 20.1. The van der Waals surface area contributed by atoms with Gasteiger partial charge in [-0.15, -0.1) is 0 Å². The number of hydrogen-bond donors (Lipinski definition) is 3. The molecule has 1 rings (SSSR count). The highest BCUT2D eigenvalue weighted by molar-refractivity contribution is 5.81. The van der Waals surface area contributed by atoms with Gasteiger partial charge in [0.2, 0.25) is 5.91 Å². The van der Waals surface area contributed by atoms with Crippen molar-refractivity contribution in [1.82, 2.24) is 16.0 Å². The van der Waals surface area contributed by atoms with Crippen LogP contribution in [0.5, 0.6) is 11.5 Å². The summed E-state index contributed by atoms with van der Waals surface area (Å²) in [5, 5.41) is 9.31. The third-order valence-corrected chi connectivity index (χ3v) is 3.91. The maximum atomic E-state index is 11.8. The Bertz CT molecular complexity index is 592. The van der Waals surface area contributed by atoms with Crippen LogP contribution >= 0.6 is 0 Å². The Balaban J connectivity index is 2.48. The Labute approximate surface area is 162 Å². The molecule has 1 amide bonds. The first-order chi connectivity index (χ1) is 13.0. The monoisotopic (exact) mass is 378 g/mol. The van der Waals surface area contributed by atoms with Gasteiger partial charge in [-0.05, 0) is 39.3 Å². The van der Waals surface area contributed by atoms with E-state index in [0.29, 0.717) is 37.0 Å². The van der Waals surface area contributed by atoms with Crippen LogP contribution < -0.4 is 25.4 Å². The van der Waals surface area contributed by atoms with Crippen LogP contribution in [0.1, 0.15) is 40.5 Å². The summed E-state index contributed by atoms with van der Waals surface area (Å²) in [4.78, 5) is 16.4. The molecule has 0 radical (unpaired) electrons. The molecule has 0 bridgehead atoms. The lowest BCUT2D eigenvalue weighted by Gasteiger charge is -2.17. The van der Waals surface area contributed by atoms with Gasteiger partial charge in [-0.1, -0.05) is 19.1 Å². The number of rotatable bonds is 11. The Morgan fingerprint density at radius 3 is 2.48 bits per heavy atom. The summed E-state index contributed by atoms with van der Waals surface area (Å²) in [6, 6.07) is 7.75. The first kappa shape index (κ1) is 22.6. The minimum absolute atomic E-state index is 0.0422. The van der Waals surface area contributed by atoms with Crippen molar-refractivity contribution >= 4 is 11.9 Å². The quantitative estimate of drug-likeness (QED) is 0.407. The van der Waals surface area contributed by atoms with Crippen LogP contribution in [-0.2, 0) is 4.79 Å². The molecule has 27 heavy (non-hydrogen) atoms. The van der Waals surface area contributed by atoms with E-state index in [0.717, 1.165) is 13.0 Å². The zero-order valence-electron chi connectivity index (χ0n) is 17.2. The Morgan fingerprint density at radius 1 is 1.15 bits per heavy atom. The second-order valence-electron chi connectivity index (χ2n) is 6.35. The number of methoxy groups -OCH3 is 1. The highest BCUT2D eigenvalue weighted by atomic mass is 16.5. The fraction of sp³-hybridized carbons (Fsp3) is 0.600. The molecule has 2 atom stereocenters. The van der Waals surface area contributed by atoms with Gasteiger partial charge in [0.15, 0.2) is 17.5 Å². The first-order valence-electron chi connectivity index (χ1n) is 9.61. The molecular formula is C20H34N4O3. The largest absolute Gasteiger partial charge is 0.493 e. The topological polar surface area (TPSA) is 84.0 Å². The van der Waals surface area contributed by atoms with Gasteiger partial charge in [0, 0.05) is 25.6 Å². The van der Waals surface area contributed by atoms with E-state index in [9.17, 15) is 4.79 Å². The summed E-state index contributed by atoms with van der Waals surface area (Å²) in [5.74, 6) is 2.11. The molecule has 0 saturated carbocycles. The van der Waals surface area contributed by atoms with Crippen LogP contribution in [0.3, 0.4) is 0 Å². The van der Waals surface area contributed by atoms with E-state index in [1.807, 2.05) is 52.0 Å². The lowest BCUT2D eigenvalue weighted by Crippen LogP contribution is -2.40. The molecular weight excluding hydrogens is 344 g/mol. The van der Waals surface area contributed by atoms with E-state index in [-0.39, 0.29) is 18.1 Å². The third-order valence-electron chi connectivity index (χ3n) is 3.91. The molecule has 2 unspecified atom stereocenters. The van der Waals surface area contributed by atoms with Crippen LogP contribution in [0.2, 0.25) is 0 Å². The van der Waals surface area contributed by atoms with Gasteiger partial charge < -0.3 is 25.4 Å². The lowest BCUT2D eigenvalue weighted by atomic mass is 10.2. The third kappa shape index (κ3) is 9.17. The van der Waals surface area contributed by atoms with Gasteiger partial charge >= 0.3 is 0 Å². The number of nitrogens with zero attached hydrogens (tertiary/aromatic N) is 1. The van der Waals surface area contributed by atoms with Crippen molar-refractivity contribution in [3.8, 4) is 11.5 Å². The summed E-state index contributed by atoms with van der Waals surface area (Å²) < 4.78 is 11.2. The molecule has 152 valence electrons. The number of benzene rings is 1. The maximum Gasteiger partial charge on any atom is 0.221 e. The Hall–Kier alpha value is -2.44. The van der Waals surface area contributed by atoms with E-state index in [2.05, 4.69) is 20.9 Å². The van der Waals surface area contributed by atoms with E-state index in [1.165, 1.54) is 0 Å². The molecule has 0 heterocycles. The number of guanidine groups is 1. The highest BCUT2D eigenvalue weighted by Crippen LogP contribution is 2.26. The van der Waals surface area contributed by atoms with Crippen molar-refractivity contribution in [2.24, 2.45) is 4.99 Å². The fourth-order valence-electron chi connectivity index (χ4n) is 2.28. The number of para-hydroxylation sites is 2. The summed E-state index contributed by atoms with van der Waals surface area (Å²) >= 11 is 0. The van der Waals surface area contributed by atoms with E-state index in [1.54, 1.807) is 7.11 Å². The minimum atomic E-state index is -0.120. The molecule has 0 aliphatic rings. The van der Waals surface area contributed by atoms with Gasteiger partial charge in [0.05, 0.1) is 13.7 Å². The van der Waals surface area contributed by atoms with E-state index < -0.39 is 0 Å². The molecule has 7 heteroatoms. The number of hydrogen-bond acceptors (Lipinski definition) is 4. The summed E-state index contributed by atoms with van der Waals surface area (Å²) in [7, 11) is 1.62. The Kier molecular flexibility index (Phi) is 10.7. The van der Waals surface area contributed by atoms with Crippen molar-refractivity contribution in [1.29, 1.82) is 0 Å². The molecule has 0 aliphatic heterocycles. The average molecular weight is 379 g/mol. The highest BCUT2D eigenvalue weighted by Gasteiger charge is 2.09. The summed E-state index contributed by atoms with van der Waals surface area (Å²) in [5.41, 5.74) is 0. The standard InChI is InChI=1S/C20H34N4O3/c1-6-15(3)24-19(25)12-13-22-20(21-7-2)23-14-16(4)27-18-11-9-8-10-17(18)26-5/h8-11,15-16H,6-7,12-14H2,1-5H3,(H,24,25)(H2,21,22,23). The molecule has 0 fully saturated rings. The fourth-order valence-corrected chi connectivity index (χ4v) is 2.28. The molecule has 7 nitrogen and oxygen atoms in total. The predicted molar refractivity (Wildman–Crippen MR) is 110 cm³/mol. The second kappa shape index (κ2) is 12.8. The number of carbonyl (C=O) groups excluding carboxylic acids is 1. The first-order valence-corrected chi connectivity index (χ1v) is 9.61. The second-order valence-corrected chi connectivity index (χ2v) is 6.35. The number of aliphatic imine (C=N–C) groups is 1. The molecule has 3 N–H and O–H groups in total. The van der Waals surface area contributed by atoms with Crippen LogP contribution in [0.25, 0.3) is 0 Å². The van der Waals surface area contributed by atoms with Crippen molar-refractivity contribution in [2.75, 3.05) is 26.7 Å². The van der Waals surface area contributed by atoms with Crippen LogP contribution in [0.4, 0.5) is 0 Å². The van der Waals surface area contributed by atoms with E-state index in [4.69, 9.17) is 9.47 Å². The van der Waals surface area contributed by atoms with Crippen LogP contribution in [-0.4, -0.2) is 50.8 Å². The van der Waals surface area contributed by atoms with Gasteiger partial charge in [-0.2, -0.15) is 0 Å². The summed E-state index contributed by atoms with van der Waals surface area (Å²) in [6.45, 7) is 9.75. The zero-order valence-corrected chi connectivity index (χ0v) is 17.2. The van der Waals surface area contributed by atoms with Crippen molar-refractivity contribution < 1.29 is 14.3 Å². The number of amides is 1. The molecule has 1 aromatic rings. The molecule has 0 aliphatic carbocycles. The normalized spacial score (nSPS) is 13.4. The van der Waals surface area contributed by atoms with Crippen LogP contribution in [0, 0.1) is 0 Å². The van der Waals surface area contributed by atoms with Gasteiger partial charge in [-0.25, -0.2) is 4.99 Å². The Morgan fingerprint density at radius 2 is 1.85 bits per heavy atom. The minimum Gasteiger partial charge on any atom is -0.493 e. The predicted octanol–water partition coefficient (Wildman–Crippen LogP) is 2.32. The molecule has 0 saturated heterocycles. The number of nitrogens with one attached hydrogen (secondary N) is 3. The summed E-state index contributed by atoms with van der Waals surface area (Å²) in [6.07, 6.45) is 1.21. The van der Waals surface area contributed by atoms with Crippen molar-refractivity contribution in [3.63, 3.8) is 0 Å². The SMILES string of the molecule is CCNC(=NCC(C)Oc1ccccc1OC)NCCC(=O)NC(C)CC. The van der Waals surface area contributed by atoms with Gasteiger partial charge in [0.1, 0.15) is 6.10 Å². The molecule has 1 aromatic carbocycles. The lowest BCUT2D eigenvalue weighted by molar-refractivity contribution is -0.121. The van der Waals surface area contributed by atoms with Crippen molar-refractivity contribution in [3.05, 3.63) is 24.3 Å². The van der Waals surface area contributed by atoms with Crippen molar-refractivity contribution in [2.45, 2.75) is 52.7 Å². The number of ether oxygens (including phenoxy) is 2. The smallest absolute Gasteiger partial charge is 0.221 e. The van der Waals surface area contributed by atoms with E-state index >= 15 is 0 Å². The van der Waals surface area contributed by atoms with Crippen LogP contribution in [0.15, 0.2) is 29.3 Å². The molecule has 0 aromatic heterocycles. The number of carbonyl (C=O) groups is 1. The average Bonchev–Trinajstić information content (AvgIpc) is 2.66. The van der Waals surface area contributed by atoms with Gasteiger partial charge in [-0.3, -0.25) is 4.79 Å². The molecule has 0 spiro atoms. The maximum absolute atomic E-state index is 11.8.